The molecule has 0 aliphatic rings. The van der Waals surface area contributed by atoms with Crippen molar-refractivity contribution >= 4 is 11.6 Å². The Bertz CT molecular complexity index is 631. The van der Waals surface area contributed by atoms with Gasteiger partial charge in [-0.1, -0.05) is 29.3 Å². The first-order valence-corrected chi connectivity index (χ1v) is 6.83. The third-order valence-electron chi connectivity index (χ3n) is 3.32. The van der Waals surface area contributed by atoms with E-state index in [0.717, 1.165) is 21.6 Å². The largest absolute Gasteiger partial charge is 0.618 e. The quantitative estimate of drug-likeness (QED) is 0.611. The van der Waals surface area contributed by atoms with Gasteiger partial charge in [-0.15, -0.1) is 0 Å². The number of ether oxygens (including phenoxy) is 1. The standard InChI is InChI=1S/C16H18ClNO2/c1-9-6-10(2)15(11(3)7-9)20-16-13(5)18(19)8-12(4)14(16)17/h6-8H,1-5H3. The van der Waals surface area contributed by atoms with E-state index in [1.54, 1.807) is 13.8 Å². The van der Waals surface area contributed by atoms with Crippen LogP contribution in [-0.2, 0) is 0 Å². The maximum atomic E-state index is 11.8. The molecular formula is C16H18ClNO2. The molecule has 0 saturated carbocycles. The van der Waals surface area contributed by atoms with E-state index in [4.69, 9.17) is 16.3 Å². The van der Waals surface area contributed by atoms with Gasteiger partial charge in [-0.2, -0.15) is 4.73 Å². The van der Waals surface area contributed by atoms with Crippen molar-refractivity contribution in [3.05, 3.63) is 56.5 Å². The number of aromatic nitrogens is 1. The zero-order chi connectivity index (χ0) is 15.0. The second kappa shape index (κ2) is 5.33. The monoisotopic (exact) mass is 291 g/mol. The second-order valence-corrected chi connectivity index (χ2v) is 5.57. The highest BCUT2D eigenvalue weighted by molar-refractivity contribution is 6.32. The van der Waals surface area contributed by atoms with Crippen LogP contribution in [0.3, 0.4) is 0 Å². The molecule has 0 bridgehead atoms. The molecule has 4 heteroatoms. The van der Waals surface area contributed by atoms with Crippen molar-refractivity contribution < 1.29 is 9.47 Å². The molecule has 3 nitrogen and oxygen atoms in total. The molecule has 0 unspecified atom stereocenters. The number of aryl methyl sites for hydroxylation is 4. The molecule has 0 fully saturated rings. The molecule has 0 N–H and O–H groups in total. The summed E-state index contributed by atoms with van der Waals surface area (Å²) in [7, 11) is 0. The predicted octanol–water partition coefficient (Wildman–Crippen LogP) is 4.31. The molecule has 2 rings (SSSR count). The minimum atomic E-state index is 0.428. The van der Waals surface area contributed by atoms with Crippen LogP contribution in [0, 0.1) is 39.8 Å². The lowest BCUT2D eigenvalue weighted by Gasteiger charge is -2.16. The summed E-state index contributed by atoms with van der Waals surface area (Å²) in [5.41, 5.74) is 4.39. The van der Waals surface area contributed by atoms with Gasteiger partial charge in [0.1, 0.15) is 5.75 Å². The van der Waals surface area contributed by atoms with E-state index in [-0.39, 0.29) is 0 Å². The zero-order valence-electron chi connectivity index (χ0n) is 12.4. The number of rotatable bonds is 2. The van der Waals surface area contributed by atoms with Crippen LogP contribution in [-0.4, -0.2) is 0 Å². The van der Waals surface area contributed by atoms with Crippen LogP contribution in [0.2, 0.25) is 5.02 Å². The van der Waals surface area contributed by atoms with Gasteiger partial charge in [-0.25, -0.2) is 0 Å². The molecule has 20 heavy (non-hydrogen) atoms. The number of halogens is 1. The van der Waals surface area contributed by atoms with Gasteiger partial charge in [0, 0.05) is 12.5 Å². The number of nitrogens with zero attached hydrogens (tertiary/aromatic N) is 1. The SMILES string of the molecule is Cc1cc(C)c(Oc2c(Cl)c(C)c[n+]([O-])c2C)c(C)c1. The molecule has 1 aromatic carbocycles. The van der Waals surface area contributed by atoms with Crippen LogP contribution in [0.15, 0.2) is 18.3 Å². The van der Waals surface area contributed by atoms with Gasteiger partial charge in [0.15, 0.2) is 6.20 Å². The Morgan fingerprint density at radius 2 is 1.50 bits per heavy atom. The normalized spacial score (nSPS) is 10.7. The lowest BCUT2D eigenvalue weighted by Crippen LogP contribution is -2.30. The number of pyridine rings is 1. The molecule has 0 aliphatic heterocycles. The molecule has 0 spiro atoms. The summed E-state index contributed by atoms with van der Waals surface area (Å²) in [5, 5.41) is 12.3. The maximum absolute atomic E-state index is 11.8. The van der Waals surface area contributed by atoms with Crippen molar-refractivity contribution in [1.29, 1.82) is 0 Å². The van der Waals surface area contributed by atoms with Crippen molar-refractivity contribution in [3.63, 3.8) is 0 Å². The Kier molecular flexibility index (Phi) is 3.91. The molecule has 0 amide bonds. The van der Waals surface area contributed by atoms with Gasteiger partial charge in [0.25, 0.3) is 0 Å². The molecule has 0 atom stereocenters. The Morgan fingerprint density at radius 3 is 2.05 bits per heavy atom. The number of hydrogen-bond acceptors (Lipinski definition) is 2. The third kappa shape index (κ3) is 2.59. The second-order valence-electron chi connectivity index (χ2n) is 5.20. The van der Waals surface area contributed by atoms with E-state index in [0.29, 0.717) is 22.0 Å². The Balaban J connectivity index is 2.56. The average molecular weight is 292 g/mol. The van der Waals surface area contributed by atoms with E-state index in [2.05, 4.69) is 0 Å². The van der Waals surface area contributed by atoms with Gasteiger partial charge in [0.2, 0.25) is 11.4 Å². The minimum Gasteiger partial charge on any atom is -0.618 e. The summed E-state index contributed by atoms with van der Waals surface area (Å²) in [6.45, 7) is 9.50. The highest BCUT2D eigenvalue weighted by Gasteiger charge is 2.19. The van der Waals surface area contributed by atoms with Gasteiger partial charge in [0.05, 0.1) is 5.02 Å². The van der Waals surface area contributed by atoms with Gasteiger partial charge >= 0.3 is 0 Å². The van der Waals surface area contributed by atoms with Crippen LogP contribution in [0.4, 0.5) is 0 Å². The summed E-state index contributed by atoms with van der Waals surface area (Å²) in [6, 6.07) is 4.10. The maximum Gasteiger partial charge on any atom is 0.233 e. The fourth-order valence-corrected chi connectivity index (χ4v) is 2.54. The molecule has 1 heterocycles. The molecule has 0 saturated heterocycles. The average Bonchev–Trinajstić information content (AvgIpc) is 2.34. The first-order chi connectivity index (χ1) is 9.31. The van der Waals surface area contributed by atoms with Crippen molar-refractivity contribution in [3.8, 4) is 11.5 Å². The summed E-state index contributed by atoms with van der Waals surface area (Å²) in [6.07, 6.45) is 1.46. The van der Waals surface area contributed by atoms with Crippen molar-refractivity contribution in [2.24, 2.45) is 0 Å². The van der Waals surface area contributed by atoms with Crippen LogP contribution in [0.25, 0.3) is 0 Å². The third-order valence-corrected chi connectivity index (χ3v) is 3.79. The highest BCUT2D eigenvalue weighted by Crippen LogP contribution is 2.36. The molecule has 0 aliphatic carbocycles. The molecule has 106 valence electrons. The topological polar surface area (TPSA) is 36.2 Å². The highest BCUT2D eigenvalue weighted by atomic mass is 35.5. The van der Waals surface area contributed by atoms with Gasteiger partial charge in [-0.05, 0) is 38.8 Å². The summed E-state index contributed by atoms with van der Waals surface area (Å²) in [4.78, 5) is 0. The molecule has 0 radical (unpaired) electrons. The van der Waals surface area contributed by atoms with E-state index in [1.165, 1.54) is 11.8 Å². The zero-order valence-corrected chi connectivity index (χ0v) is 13.1. The van der Waals surface area contributed by atoms with Crippen LogP contribution >= 0.6 is 11.6 Å². The number of benzene rings is 1. The minimum absolute atomic E-state index is 0.428. The van der Waals surface area contributed by atoms with Crippen molar-refractivity contribution in [2.75, 3.05) is 0 Å². The molecular weight excluding hydrogens is 274 g/mol. The first-order valence-electron chi connectivity index (χ1n) is 6.45. The Morgan fingerprint density at radius 1 is 0.950 bits per heavy atom. The summed E-state index contributed by atoms with van der Waals surface area (Å²) in [5.74, 6) is 1.18. The van der Waals surface area contributed by atoms with Crippen LogP contribution in [0.1, 0.15) is 27.9 Å². The first kappa shape index (κ1) is 14.7. The van der Waals surface area contributed by atoms with E-state index >= 15 is 0 Å². The summed E-state index contributed by atoms with van der Waals surface area (Å²) < 4.78 is 6.75. The van der Waals surface area contributed by atoms with Crippen LogP contribution < -0.4 is 9.47 Å². The van der Waals surface area contributed by atoms with Gasteiger partial charge < -0.3 is 9.94 Å². The summed E-state index contributed by atoms with van der Waals surface area (Å²) >= 11 is 6.28. The van der Waals surface area contributed by atoms with E-state index < -0.39 is 0 Å². The molecule has 2 aromatic rings. The van der Waals surface area contributed by atoms with E-state index in [9.17, 15) is 5.21 Å². The number of hydrogen-bond donors (Lipinski definition) is 0. The smallest absolute Gasteiger partial charge is 0.233 e. The predicted molar refractivity (Wildman–Crippen MR) is 80.6 cm³/mol. The fraction of sp³-hybridized carbons (Fsp3) is 0.312. The Hall–Kier alpha value is -1.74. The van der Waals surface area contributed by atoms with Crippen molar-refractivity contribution in [1.82, 2.24) is 0 Å². The lowest BCUT2D eigenvalue weighted by atomic mass is 10.1. The molecule has 1 aromatic heterocycles. The van der Waals surface area contributed by atoms with Gasteiger partial charge in [-0.3, -0.25) is 0 Å². The fourth-order valence-electron chi connectivity index (χ4n) is 2.32. The van der Waals surface area contributed by atoms with Crippen molar-refractivity contribution in [2.45, 2.75) is 34.6 Å². The lowest BCUT2D eigenvalue weighted by molar-refractivity contribution is -0.613. The Labute approximate surface area is 124 Å². The van der Waals surface area contributed by atoms with Crippen LogP contribution in [0.5, 0.6) is 11.5 Å². The van der Waals surface area contributed by atoms with E-state index in [1.807, 2.05) is 32.9 Å².